The number of ether oxygens (including phenoxy) is 1. The lowest BCUT2D eigenvalue weighted by Crippen LogP contribution is -2.38. The van der Waals surface area contributed by atoms with Crippen molar-refractivity contribution in [2.24, 2.45) is 0 Å². The first-order valence-electron chi connectivity index (χ1n) is 9.98. The molecule has 0 unspecified atom stereocenters. The Bertz CT molecular complexity index is 1380. The number of nitrogens with one attached hydrogen (secondary N) is 1. The lowest BCUT2D eigenvalue weighted by atomic mass is 10.2. The number of rotatable bonds is 8. The summed E-state index contributed by atoms with van der Waals surface area (Å²) in [5.74, 6) is 0.175. The molecule has 0 saturated carbocycles. The van der Waals surface area contributed by atoms with Gasteiger partial charge in [0.15, 0.2) is 0 Å². The number of anilines is 2. The number of nitrogens with zero attached hydrogens (tertiary/aromatic N) is 3. The van der Waals surface area contributed by atoms with Gasteiger partial charge in [-0.2, -0.15) is 0 Å². The second kappa shape index (κ2) is 10.3. The number of methoxy groups -OCH3 is 1. The molecule has 0 saturated heterocycles. The van der Waals surface area contributed by atoms with Crippen molar-refractivity contribution in [3.05, 3.63) is 83.3 Å². The first-order valence-corrected chi connectivity index (χ1v) is 13.0. The van der Waals surface area contributed by atoms with Crippen molar-refractivity contribution in [1.29, 1.82) is 0 Å². The first-order chi connectivity index (χ1) is 16.4. The Kier molecular flexibility index (Phi) is 7.25. The zero-order valence-corrected chi connectivity index (χ0v) is 21.1. The molecule has 3 aromatic carbocycles. The van der Waals surface area contributed by atoms with Crippen molar-refractivity contribution in [2.75, 3.05) is 23.3 Å². The summed E-state index contributed by atoms with van der Waals surface area (Å²) in [7, 11) is -2.40. The van der Waals surface area contributed by atoms with Gasteiger partial charge in [-0.05, 0) is 60.7 Å². The van der Waals surface area contributed by atoms with Gasteiger partial charge >= 0.3 is 0 Å². The average Bonchev–Trinajstić information content (AvgIpc) is 3.32. The van der Waals surface area contributed by atoms with E-state index in [1.54, 1.807) is 61.7 Å². The highest BCUT2D eigenvalue weighted by Crippen LogP contribution is 2.29. The highest BCUT2D eigenvalue weighted by Gasteiger charge is 2.27. The number of hydrogen-bond acceptors (Lipinski definition) is 7. The standard InChI is InChI=1S/C23H19BrN4O4S2/c1-32-19-13-7-16(8-14-19)22-26-27-23(33-22)25-21(29)15-28(18-11-9-17(24)10-12-18)34(30,31)20-5-3-2-4-6-20/h2-14H,15H2,1H3,(H,25,27,29). The number of aromatic nitrogens is 2. The number of halogens is 1. The number of benzene rings is 3. The molecule has 174 valence electrons. The second-order valence-electron chi connectivity index (χ2n) is 6.99. The van der Waals surface area contributed by atoms with Crippen LogP contribution in [-0.4, -0.2) is 38.2 Å². The smallest absolute Gasteiger partial charge is 0.264 e. The maximum Gasteiger partial charge on any atom is 0.264 e. The van der Waals surface area contributed by atoms with Crippen molar-refractivity contribution in [2.45, 2.75) is 4.90 Å². The van der Waals surface area contributed by atoms with Crippen LogP contribution in [0.25, 0.3) is 10.6 Å². The van der Waals surface area contributed by atoms with E-state index >= 15 is 0 Å². The third-order valence-electron chi connectivity index (χ3n) is 4.74. The van der Waals surface area contributed by atoms with Gasteiger partial charge in [0.25, 0.3) is 10.0 Å². The first kappa shape index (κ1) is 23.9. The summed E-state index contributed by atoms with van der Waals surface area (Å²) in [5, 5.41) is 11.7. The zero-order valence-electron chi connectivity index (χ0n) is 17.9. The van der Waals surface area contributed by atoms with E-state index in [-0.39, 0.29) is 10.0 Å². The van der Waals surface area contributed by atoms with Crippen LogP contribution in [0.15, 0.2) is 88.2 Å². The van der Waals surface area contributed by atoms with Gasteiger partial charge < -0.3 is 4.74 Å². The quantitative estimate of drug-likeness (QED) is 0.333. The Hall–Kier alpha value is -3.28. The van der Waals surface area contributed by atoms with E-state index in [0.29, 0.717) is 10.7 Å². The lowest BCUT2D eigenvalue weighted by Gasteiger charge is -2.24. The molecular weight excluding hydrogens is 540 g/mol. The normalized spacial score (nSPS) is 11.1. The molecular formula is C23H19BrN4O4S2. The van der Waals surface area contributed by atoms with Crippen molar-refractivity contribution in [3.8, 4) is 16.3 Å². The second-order valence-corrected chi connectivity index (χ2v) is 10.7. The van der Waals surface area contributed by atoms with Crippen LogP contribution in [-0.2, 0) is 14.8 Å². The van der Waals surface area contributed by atoms with Gasteiger partial charge in [-0.3, -0.25) is 14.4 Å². The van der Waals surface area contributed by atoms with E-state index in [1.165, 1.54) is 23.5 Å². The summed E-state index contributed by atoms with van der Waals surface area (Å²) in [6.45, 7) is -0.434. The van der Waals surface area contributed by atoms with Gasteiger partial charge in [0.2, 0.25) is 11.0 Å². The summed E-state index contributed by atoms with van der Waals surface area (Å²) in [5.41, 5.74) is 1.18. The summed E-state index contributed by atoms with van der Waals surface area (Å²) in [6.07, 6.45) is 0. The summed E-state index contributed by atoms with van der Waals surface area (Å²) >= 11 is 4.53. The molecule has 0 atom stereocenters. The molecule has 1 N–H and O–H groups in total. The fourth-order valence-electron chi connectivity index (χ4n) is 3.06. The topological polar surface area (TPSA) is 101 Å². The Morgan fingerprint density at radius 3 is 2.32 bits per heavy atom. The van der Waals surface area contributed by atoms with E-state index < -0.39 is 22.5 Å². The van der Waals surface area contributed by atoms with Crippen molar-refractivity contribution in [1.82, 2.24) is 10.2 Å². The van der Waals surface area contributed by atoms with Crippen molar-refractivity contribution < 1.29 is 17.9 Å². The summed E-state index contributed by atoms with van der Waals surface area (Å²) in [4.78, 5) is 13.0. The molecule has 11 heteroatoms. The van der Waals surface area contributed by atoms with Crippen molar-refractivity contribution >= 4 is 54.0 Å². The molecule has 34 heavy (non-hydrogen) atoms. The molecule has 0 aliphatic rings. The van der Waals surface area contributed by atoms with Crippen LogP contribution in [0.3, 0.4) is 0 Å². The van der Waals surface area contributed by atoms with Gasteiger partial charge in [0.05, 0.1) is 17.7 Å². The molecule has 1 aromatic heterocycles. The number of carbonyl (C=O) groups excluding carboxylic acids is 1. The van der Waals surface area contributed by atoms with Crippen LogP contribution in [0.5, 0.6) is 5.75 Å². The Balaban J connectivity index is 1.55. The minimum atomic E-state index is -3.99. The lowest BCUT2D eigenvalue weighted by molar-refractivity contribution is -0.114. The number of hydrogen-bond donors (Lipinski definition) is 1. The molecule has 1 heterocycles. The molecule has 4 aromatic rings. The number of amides is 1. The van der Waals surface area contributed by atoms with Crippen LogP contribution in [0.4, 0.5) is 10.8 Å². The molecule has 8 nitrogen and oxygen atoms in total. The van der Waals surface area contributed by atoms with Gasteiger partial charge in [0, 0.05) is 10.0 Å². The van der Waals surface area contributed by atoms with Crippen LogP contribution >= 0.6 is 27.3 Å². The predicted molar refractivity (Wildman–Crippen MR) is 136 cm³/mol. The average molecular weight is 559 g/mol. The van der Waals surface area contributed by atoms with E-state index in [0.717, 1.165) is 20.1 Å². The summed E-state index contributed by atoms with van der Waals surface area (Å²) in [6, 6.07) is 22.0. The Morgan fingerprint density at radius 1 is 1.00 bits per heavy atom. The molecule has 0 bridgehead atoms. The van der Waals surface area contributed by atoms with Gasteiger partial charge in [-0.1, -0.05) is 45.5 Å². The highest BCUT2D eigenvalue weighted by molar-refractivity contribution is 9.10. The van der Waals surface area contributed by atoms with E-state index in [4.69, 9.17) is 4.74 Å². The van der Waals surface area contributed by atoms with Crippen LogP contribution < -0.4 is 14.4 Å². The third kappa shape index (κ3) is 5.44. The van der Waals surface area contributed by atoms with Crippen LogP contribution in [0.2, 0.25) is 0 Å². The molecule has 0 spiro atoms. The number of sulfonamides is 1. The highest BCUT2D eigenvalue weighted by atomic mass is 79.9. The Morgan fingerprint density at radius 2 is 1.68 bits per heavy atom. The summed E-state index contributed by atoms with van der Waals surface area (Å²) < 4.78 is 33.7. The fraction of sp³-hybridized carbons (Fsp3) is 0.0870. The molecule has 0 radical (unpaired) electrons. The maximum atomic E-state index is 13.3. The number of carbonyl (C=O) groups is 1. The van der Waals surface area contributed by atoms with E-state index in [2.05, 4.69) is 31.4 Å². The fourth-order valence-corrected chi connectivity index (χ4v) is 5.53. The van der Waals surface area contributed by atoms with Crippen molar-refractivity contribution in [3.63, 3.8) is 0 Å². The van der Waals surface area contributed by atoms with Crippen LogP contribution in [0.1, 0.15) is 0 Å². The van der Waals surface area contributed by atoms with Crippen LogP contribution in [0, 0.1) is 0 Å². The Labute approximate surface area is 209 Å². The maximum absolute atomic E-state index is 13.3. The molecule has 1 amide bonds. The minimum Gasteiger partial charge on any atom is -0.497 e. The van der Waals surface area contributed by atoms with Gasteiger partial charge in [0.1, 0.15) is 17.3 Å². The molecule has 4 rings (SSSR count). The molecule has 0 fully saturated rings. The predicted octanol–water partition coefficient (Wildman–Crippen LogP) is 4.81. The molecule has 0 aliphatic carbocycles. The van der Waals surface area contributed by atoms with E-state index in [1.807, 2.05) is 12.1 Å². The monoisotopic (exact) mass is 558 g/mol. The van der Waals surface area contributed by atoms with E-state index in [9.17, 15) is 13.2 Å². The third-order valence-corrected chi connectivity index (χ3v) is 7.95. The largest absolute Gasteiger partial charge is 0.497 e. The minimum absolute atomic E-state index is 0.0865. The molecule has 0 aliphatic heterocycles. The van der Waals surface area contributed by atoms with Gasteiger partial charge in [-0.15, -0.1) is 10.2 Å². The SMILES string of the molecule is COc1ccc(-c2nnc(NC(=O)CN(c3ccc(Br)cc3)S(=O)(=O)c3ccccc3)s2)cc1. The zero-order chi connectivity index (χ0) is 24.1. The van der Waals surface area contributed by atoms with Gasteiger partial charge in [-0.25, -0.2) is 8.42 Å².